The fourth-order valence-corrected chi connectivity index (χ4v) is 2.51. The average Bonchev–Trinajstić information content (AvgIpc) is 2.33. The zero-order chi connectivity index (χ0) is 12.3. The molecule has 0 spiro atoms. The number of aromatic nitrogens is 1. The molecule has 0 aliphatic heterocycles. The number of aldehydes is 1. The summed E-state index contributed by atoms with van der Waals surface area (Å²) in [5.74, 6) is 0. The topological polar surface area (TPSA) is 30.0 Å². The molecule has 3 heteroatoms. The fraction of sp³-hybridized carbons (Fsp3) is 0.143. The van der Waals surface area contributed by atoms with Crippen molar-refractivity contribution in [2.75, 3.05) is 0 Å². The molecule has 2 aromatic rings. The number of rotatable bonds is 3. The molecule has 86 valence electrons. The second-order valence-corrected chi connectivity index (χ2v) is 4.92. The van der Waals surface area contributed by atoms with Gasteiger partial charge in [0.25, 0.3) is 0 Å². The molecule has 0 atom stereocenters. The van der Waals surface area contributed by atoms with Crippen molar-refractivity contribution in [3.63, 3.8) is 0 Å². The second kappa shape index (κ2) is 5.15. The van der Waals surface area contributed by atoms with Crippen LogP contribution in [0.3, 0.4) is 0 Å². The number of hydrogen-bond donors (Lipinski definition) is 0. The van der Waals surface area contributed by atoms with Crippen LogP contribution in [-0.2, 0) is 0 Å². The summed E-state index contributed by atoms with van der Waals surface area (Å²) < 4.78 is 0. The van der Waals surface area contributed by atoms with E-state index >= 15 is 0 Å². The maximum Gasteiger partial charge on any atom is 0.152 e. The lowest BCUT2D eigenvalue weighted by Gasteiger charge is -2.07. The van der Waals surface area contributed by atoms with E-state index in [0.717, 1.165) is 16.2 Å². The van der Waals surface area contributed by atoms with Crippen molar-refractivity contribution in [2.45, 2.75) is 23.8 Å². The van der Waals surface area contributed by atoms with Crippen molar-refractivity contribution in [3.8, 4) is 0 Å². The molecule has 17 heavy (non-hydrogen) atoms. The Bertz CT molecular complexity index is 552. The van der Waals surface area contributed by atoms with Crippen molar-refractivity contribution in [2.24, 2.45) is 0 Å². The van der Waals surface area contributed by atoms with Gasteiger partial charge in [0.05, 0.1) is 0 Å². The van der Waals surface area contributed by atoms with E-state index in [0.29, 0.717) is 5.56 Å². The van der Waals surface area contributed by atoms with Gasteiger partial charge in [-0.1, -0.05) is 29.5 Å². The Labute approximate surface area is 105 Å². The van der Waals surface area contributed by atoms with Crippen LogP contribution < -0.4 is 0 Å². The molecule has 1 aromatic carbocycles. The van der Waals surface area contributed by atoms with Crippen LogP contribution in [-0.4, -0.2) is 11.3 Å². The molecule has 2 nitrogen and oxygen atoms in total. The minimum absolute atomic E-state index is 0.637. The van der Waals surface area contributed by atoms with Crippen LogP contribution in [0.5, 0.6) is 0 Å². The Morgan fingerprint density at radius 2 is 2.06 bits per heavy atom. The van der Waals surface area contributed by atoms with E-state index in [-0.39, 0.29) is 0 Å². The molecule has 0 fully saturated rings. The van der Waals surface area contributed by atoms with Crippen molar-refractivity contribution < 1.29 is 4.79 Å². The predicted octanol–water partition coefficient (Wildman–Crippen LogP) is 3.66. The van der Waals surface area contributed by atoms with Crippen LogP contribution >= 0.6 is 11.8 Å². The largest absolute Gasteiger partial charge is 0.298 e. The summed E-state index contributed by atoms with van der Waals surface area (Å²) in [7, 11) is 0. The van der Waals surface area contributed by atoms with Crippen LogP contribution in [0.4, 0.5) is 0 Å². The lowest BCUT2D eigenvalue weighted by atomic mass is 10.2. The molecule has 0 saturated heterocycles. The highest BCUT2D eigenvalue weighted by atomic mass is 32.2. The minimum atomic E-state index is 0.637. The number of pyridine rings is 1. The summed E-state index contributed by atoms with van der Waals surface area (Å²) in [4.78, 5) is 16.3. The Morgan fingerprint density at radius 3 is 2.76 bits per heavy atom. The smallest absolute Gasteiger partial charge is 0.152 e. The Morgan fingerprint density at radius 1 is 1.24 bits per heavy atom. The number of carbonyl (C=O) groups is 1. The molecule has 0 amide bonds. The number of hydrogen-bond acceptors (Lipinski definition) is 3. The molecule has 0 unspecified atom stereocenters. The van der Waals surface area contributed by atoms with Gasteiger partial charge in [-0.15, -0.1) is 0 Å². The lowest BCUT2D eigenvalue weighted by Crippen LogP contribution is -1.89. The molecular formula is C14H13NOS. The van der Waals surface area contributed by atoms with Gasteiger partial charge < -0.3 is 0 Å². The molecule has 2 rings (SSSR count). The monoisotopic (exact) mass is 243 g/mol. The SMILES string of the molecule is Cc1ccc(Sc2ncccc2C=O)c(C)c1. The van der Waals surface area contributed by atoms with Gasteiger partial charge in [-0.2, -0.15) is 0 Å². The highest BCUT2D eigenvalue weighted by Gasteiger charge is 2.06. The number of nitrogens with zero attached hydrogens (tertiary/aromatic N) is 1. The number of carbonyl (C=O) groups excluding carboxylic acids is 1. The third-order valence-electron chi connectivity index (χ3n) is 2.46. The molecule has 0 radical (unpaired) electrons. The van der Waals surface area contributed by atoms with Crippen LogP contribution in [0.25, 0.3) is 0 Å². The molecular weight excluding hydrogens is 230 g/mol. The van der Waals surface area contributed by atoms with Crippen molar-refractivity contribution in [1.82, 2.24) is 4.98 Å². The Balaban J connectivity index is 2.34. The van der Waals surface area contributed by atoms with E-state index < -0.39 is 0 Å². The summed E-state index contributed by atoms with van der Waals surface area (Å²) >= 11 is 1.53. The maximum absolute atomic E-state index is 10.9. The molecule has 0 saturated carbocycles. The third-order valence-corrected chi connectivity index (χ3v) is 3.68. The molecule has 0 aliphatic rings. The molecule has 1 aromatic heterocycles. The standard InChI is InChI=1S/C14H13NOS/c1-10-5-6-13(11(2)8-10)17-14-12(9-16)4-3-7-15-14/h3-9H,1-2H3. The number of benzene rings is 1. The summed E-state index contributed by atoms with van der Waals surface area (Å²) in [6, 6.07) is 9.82. The van der Waals surface area contributed by atoms with E-state index in [2.05, 4.69) is 37.0 Å². The maximum atomic E-state index is 10.9. The molecule has 1 heterocycles. The lowest BCUT2D eigenvalue weighted by molar-refractivity contribution is 0.112. The third kappa shape index (κ3) is 2.74. The zero-order valence-corrected chi connectivity index (χ0v) is 10.6. The molecule has 0 aliphatic carbocycles. The van der Waals surface area contributed by atoms with Crippen LogP contribution in [0.1, 0.15) is 21.5 Å². The van der Waals surface area contributed by atoms with Crippen molar-refractivity contribution >= 4 is 18.0 Å². The van der Waals surface area contributed by atoms with Crippen LogP contribution in [0.2, 0.25) is 0 Å². The van der Waals surface area contributed by atoms with Gasteiger partial charge in [0.1, 0.15) is 5.03 Å². The first-order chi connectivity index (χ1) is 8.20. The van der Waals surface area contributed by atoms with E-state index in [4.69, 9.17) is 0 Å². The van der Waals surface area contributed by atoms with Gasteiger partial charge in [0.15, 0.2) is 6.29 Å². The quantitative estimate of drug-likeness (QED) is 0.770. The van der Waals surface area contributed by atoms with E-state index in [1.54, 1.807) is 18.3 Å². The minimum Gasteiger partial charge on any atom is -0.298 e. The van der Waals surface area contributed by atoms with E-state index in [1.165, 1.54) is 22.9 Å². The van der Waals surface area contributed by atoms with Crippen molar-refractivity contribution in [1.29, 1.82) is 0 Å². The molecule has 0 bridgehead atoms. The first-order valence-electron chi connectivity index (χ1n) is 5.36. The van der Waals surface area contributed by atoms with Gasteiger partial charge in [0, 0.05) is 16.7 Å². The first kappa shape index (κ1) is 11.9. The summed E-state index contributed by atoms with van der Waals surface area (Å²) in [6.45, 7) is 4.14. The first-order valence-corrected chi connectivity index (χ1v) is 6.17. The number of aryl methyl sites for hydroxylation is 2. The van der Waals surface area contributed by atoms with Crippen molar-refractivity contribution in [3.05, 3.63) is 53.2 Å². The fourth-order valence-electron chi connectivity index (χ4n) is 1.60. The Hall–Kier alpha value is -1.61. The Kier molecular flexibility index (Phi) is 3.59. The van der Waals surface area contributed by atoms with E-state index in [9.17, 15) is 4.79 Å². The van der Waals surface area contributed by atoms with Gasteiger partial charge in [-0.05, 0) is 37.6 Å². The van der Waals surface area contributed by atoms with Gasteiger partial charge >= 0.3 is 0 Å². The van der Waals surface area contributed by atoms with Crippen LogP contribution in [0.15, 0.2) is 46.5 Å². The summed E-state index contributed by atoms with van der Waals surface area (Å²) in [5.41, 5.74) is 3.08. The van der Waals surface area contributed by atoms with Gasteiger partial charge in [-0.25, -0.2) is 4.98 Å². The molecule has 0 N–H and O–H groups in total. The zero-order valence-electron chi connectivity index (χ0n) is 9.81. The highest BCUT2D eigenvalue weighted by molar-refractivity contribution is 7.99. The highest BCUT2D eigenvalue weighted by Crippen LogP contribution is 2.30. The second-order valence-electron chi connectivity index (χ2n) is 3.89. The van der Waals surface area contributed by atoms with Crippen LogP contribution in [0, 0.1) is 13.8 Å². The normalized spacial score (nSPS) is 10.2. The summed E-state index contributed by atoms with van der Waals surface area (Å²) in [5, 5.41) is 0.759. The van der Waals surface area contributed by atoms with E-state index in [1.807, 2.05) is 0 Å². The van der Waals surface area contributed by atoms with Gasteiger partial charge in [-0.3, -0.25) is 4.79 Å². The van der Waals surface area contributed by atoms with Gasteiger partial charge in [0.2, 0.25) is 0 Å². The predicted molar refractivity (Wildman–Crippen MR) is 69.7 cm³/mol. The summed E-state index contributed by atoms with van der Waals surface area (Å²) in [6.07, 6.45) is 2.55. The average molecular weight is 243 g/mol.